The Morgan fingerprint density at radius 1 is 1.54 bits per heavy atom. The van der Waals surface area contributed by atoms with Gasteiger partial charge in [0, 0.05) is 0 Å². The lowest BCUT2D eigenvalue weighted by molar-refractivity contribution is -0.150. The van der Waals surface area contributed by atoms with Crippen molar-refractivity contribution in [1.82, 2.24) is 0 Å². The van der Waals surface area contributed by atoms with Crippen LogP contribution in [0, 0.1) is 5.92 Å². The lowest BCUT2D eigenvalue weighted by Crippen LogP contribution is -2.32. The van der Waals surface area contributed by atoms with Crippen molar-refractivity contribution in [3.63, 3.8) is 0 Å². The van der Waals surface area contributed by atoms with Crippen molar-refractivity contribution in [2.75, 3.05) is 0 Å². The number of cyclic esters (lactones) is 1. The summed E-state index contributed by atoms with van der Waals surface area (Å²) in [7, 11) is 0. The maximum absolute atomic E-state index is 10.7. The Bertz CT molecular complexity index is 283. The number of aliphatic carboxylic acids is 2. The molecule has 6 heteroatoms. The van der Waals surface area contributed by atoms with Crippen molar-refractivity contribution < 1.29 is 29.3 Å². The van der Waals surface area contributed by atoms with Crippen LogP contribution in [0.2, 0.25) is 0 Å². The van der Waals surface area contributed by atoms with Crippen LogP contribution in [0.3, 0.4) is 0 Å². The summed E-state index contributed by atoms with van der Waals surface area (Å²) in [6.45, 7) is 1.27. The van der Waals surface area contributed by atoms with Crippen molar-refractivity contribution in [1.29, 1.82) is 0 Å². The van der Waals surface area contributed by atoms with Gasteiger partial charge in [-0.15, -0.1) is 0 Å². The molecule has 1 aliphatic heterocycles. The van der Waals surface area contributed by atoms with Crippen LogP contribution in [0.4, 0.5) is 0 Å². The average Bonchev–Trinajstić information content (AvgIpc) is 2.55. The van der Waals surface area contributed by atoms with Crippen LogP contribution in [0.25, 0.3) is 0 Å². The molecule has 72 valence electrons. The summed E-state index contributed by atoms with van der Waals surface area (Å²) in [5.41, 5.74) is -1.44. The number of epoxide rings is 1. The molecule has 2 unspecified atom stereocenters. The molecule has 0 aromatic heterocycles. The van der Waals surface area contributed by atoms with Crippen molar-refractivity contribution in [2.24, 2.45) is 5.92 Å². The zero-order valence-electron chi connectivity index (χ0n) is 6.81. The number of hydrogen-bond donors (Lipinski definition) is 2. The SMILES string of the molecule is CC1(C(CC(=O)O)C(=O)O)OC1=O. The van der Waals surface area contributed by atoms with Gasteiger partial charge >= 0.3 is 17.9 Å². The van der Waals surface area contributed by atoms with Gasteiger partial charge in [0.05, 0.1) is 6.42 Å². The molecule has 0 aliphatic carbocycles. The standard InChI is InChI=1S/C7H8O6/c1-7(6(12)13-7)3(5(10)11)2-4(8)9/h3H,2H2,1H3,(H,8,9)(H,10,11). The van der Waals surface area contributed by atoms with Crippen LogP contribution < -0.4 is 0 Å². The summed E-state index contributed by atoms with van der Waals surface area (Å²) in [6.07, 6.45) is -0.614. The molecular formula is C7H8O6. The summed E-state index contributed by atoms with van der Waals surface area (Å²) < 4.78 is 4.45. The van der Waals surface area contributed by atoms with E-state index in [1.54, 1.807) is 0 Å². The molecular weight excluding hydrogens is 180 g/mol. The van der Waals surface area contributed by atoms with E-state index in [4.69, 9.17) is 10.2 Å². The number of carbonyl (C=O) groups excluding carboxylic acids is 1. The van der Waals surface area contributed by atoms with Crippen molar-refractivity contribution in [2.45, 2.75) is 18.9 Å². The number of rotatable bonds is 4. The molecule has 6 nitrogen and oxygen atoms in total. The quantitative estimate of drug-likeness (QED) is 0.575. The molecule has 0 saturated carbocycles. The van der Waals surface area contributed by atoms with Crippen molar-refractivity contribution in [3.05, 3.63) is 0 Å². The Kier molecular flexibility index (Phi) is 1.99. The van der Waals surface area contributed by atoms with Crippen molar-refractivity contribution >= 4 is 17.9 Å². The zero-order valence-corrected chi connectivity index (χ0v) is 6.81. The molecule has 0 bridgehead atoms. The van der Waals surface area contributed by atoms with Gasteiger partial charge in [-0.05, 0) is 6.92 Å². The Balaban J connectivity index is 2.75. The highest BCUT2D eigenvalue weighted by atomic mass is 16.7. The zero-order chi connectivity index (χ0) is 10.2. The molecule has 1 heterocycles. The smallest absolute Gasteiger partial charge is 0.352 e. The van der Waals surface area contributed by atoms with Gasteiger partial charge in [0.15, 0.2) is 0 Å². The predicted molar refractivity (Wildman–Crippen MR) is 37.9 cm³/mol. The first-order valence-corrected chi connectivity index (χ1v) is 3.56. The van der Waals surface area contributed by atoms with Gasteiger partial charge in [0.25, 0.3) is 0 Å². The molecule has 1 saturated heterocycles. The predicted octanol–water partition coefficient (Wildman–Crippen LogP) is -0.523. The number of carbonyl (C=O) groups is 3. The monoisotopic (exact) mass is 188 g/mol. The minimum atomic E-state index is -1.44. The van der Waals surface area contributed by atoms with E-state index >= 15 is 0 Å². The lowest BCUT2D eigenvalue weighted by Gasteiger charge is -2.09. The highest BCUT2D eigenvalue weighted by Gasteiger charge is 2.62. The number of carboxylic acids is 2. The number of ether oxygens (including phenoxy) is 1. The van der Waals surface area contributed by atoms with E-state index in [-0.39, 0.29) is 0 Å². The van der Waals surface area contributed by atoms with Crippen LogP contribution in [0.1, 0.15) is 13.3 Å². The van der Waals surface area contributed by atoms with E-state index in [1.165, 1.54) is 6.92 Å². The summed E-state index contributed by atoms with van der Waals surface area (Å²) in [6, 6.07) is 0. The molecule has 1 aliphatic rings. The second-order valence-electron chi connectivity index (χ2n) is 2.99. The summed E-state index contributed by atoms with van der Waals surface area (Å²) in [5, 5.41) is 17.0. The molecule has 2 atom stereocenters. The maximum atomic E-state index is 10.7. The molecule has 0 radical (unpaired) electrons. The van der Waals surface area contributed by atoms with Gasteiger partial charge in [-0.2, -0.15) is 0 Å². The normalized spacial score (nSPS) is 27.6. The fraction of sp³-hybridized carbons (Fsp3) is 0.571. The molecule has 1 fully saturated rings. The van der Waals surface area contributed by atoms with Crippen LogP contribution in [-0.4, -0.2) is 33.7 Å². The fourth-order valence-electron chi connectivity index (χ4n) is 1.07. The average molecular weight is 188 g/mol. The van der Waals surface area contributed by atoms with Gasteiger partial charge in [0.2, 0.25) is 5.60 Å². The van der Waals surface area contributed by atoms with E-state index in [2.05, 4.69) is 4.74 Å². The Morgan fingerprint density at radius 2 is 2.00 bits per heavy atom. The third-order valence-corrected chi connectivity index (χ3v) is 2.01. The van der Waals surface area contributed by atoms with E-state index in [1.807, 2.05) is 0 Å². The molecule has 2 N–H and O–H groups in total. The third kappa shape index (κ3) is 1.61. The van der Waals surface area contributed by atoms with Crippen LogP contribution in [0.5, 0.6) is 0 Å². The Hall–Kier alpha value is -1.59. The number of carboxylic acid groups (broad SMARTS) is 2. The number of hydrogen-bond acceptors (Lipinski definition) is 4. The highest BCUT2D eigenvalue weighted by molar-refractivity contribution is 5.98. The van der Waals surface area contributed by atoms with Crippen LogP contribution in [-0.2, 0) is 19.1 Å². The van der Waals surface area contributed by atoms with Crippen LogP contribution >= 0.6 is 0 Å². The van der Waals surface area contributed by atoms with E-state index in [9.17, 15) is 14.4 Å². The van der Waals surface area contributed by atoms with Gasteiger partial charge in [-0.25, -0.2) is 4.79 Å². The summed E-state index contributed by atoms with van der Waals surface area (Å²) in [5.74, 6) is -4.58. The van der Waals surface area contributed by atoms with Gasteiger partial charge in [-0.1, -0.05) is 0 Å². The Labute approximate surface area is 73.1 Å². The van der Waals surface area contributed by atoms with Crippen molar-refractivity contribution in [3.8, 4) is 0 Å². The molecule has 0 amide bonds. The topological polar surface area (TPSA) is 104 Å². The second-order valence-corrected chi connectivity index (χ2v) is 2.99. The molecule has 13 heavy (non-hydrogen) atoms. The molecule has 0 aromatic rings. The largest absolute Gasteiger partial charge is 0.481 e. The van der Waals surface area contributed by atoms with E-state index in [0.717, 1.165) is 0 Å². The summed E-state index contributed by atoms with van der Waals surface area (Å²) >= 11 is 0. The Morgan fingerprint density at radius 3 is 2.23 bits per heavy atom. The van der Waals surface area contributed by atoms with Crippen LogP contribution in [0.15, 0.2) is 0 Å². The van der Waals surface area contributed by atoms with Gasteiger partial charge in [-0.3, -0.25) is 9.59 Å². The minimum Gasteiger partial charge on any atom is -0.481 e. The van der Waals surface area contributed by atoms with E-state index < -0.39 is 35.8 Å². The minimum absolute atomic E-state index is 0.614. The lowest BCUT2D eigenvalue weighted by atomic mass is 9.91. The molecule has 1 rings (SSSR count). The fourth-order valence-corrected chi connectivity index (χ4v) is 1.07. The first-order chi connectivity index (χ1) is 5.88. The highest BCUT2D eigenvalue weighted by Crippen LogP contribution is 2.38. The second kappa shape index (κ2) is 2.72. The van der Waals surface area contributed by atoms with Gasteiger partial charge < -0.3 is 14.9 Å². The van der Waals surface area contributed by atoms with Gasteiger partial charge in [0.1, 0.15) is 5.92 Å². The first kappa shape index (κ1) is 9.50. The van der Waals surface area contributed by atoms with E-state index in [0.29, 0.717) is 0 Å². The molecule has 0 spiro atoms. The first-order valence-electron chi connectivity index (χ1n) is 3.56. The summed E-state index contributed by atoms with van der Waals surface area (Å²) in [4.78, 5) is 31.5. The maximum Gasteiger partial charge on any atom is 0.352 e. The third-order valence-electron chi connectivity index (χ3n) is 2.01. The molecule has 0 aromatic carbocycles.